The van der Waals surface area contributed by atoms with Crippen molar-refractivity contribution < 1.29 is 33.0 Å². The number of esters is 2. The van der Waals surface area contributed by atoms with Crippen LogP contribution in [-0.2, 0) is 23.8 Å². The lowest BCUT2D eigenvalue weighted by Gasteiger charge is -2.38. The van der Waals surface area contributed by atoms with Crippen LogP contribution in [0.4, 0.5) is 20.6 Å². The average Bonchev–Trinajstić information content (AvgIpc) is 3.02. The van der Waals surface area contributed by atoms with Crippen LogP contribution in [0.5, 0.6) is 0 Å². The van der Waals surface area contributed by atoms with E-state index >= 15 is 4.39 Å². The summed E-state index contributed by atoms with van der Waals surface area (Å²) in [7, 11) is 4.08. The van der Waals surface area contributed by atoms with Gasteiger partial charge in [0.1, 0.15) is 22.9 Å². The highest BCUT2D eigenvalue weighted by Crippen LogP contribution is 2.43. The summed E-state index contributed by atoms with van der Waals surface area (Å²) < 4.78 is 31.5. The Balaban J connectivity index is 1.70. The van der Waals surface area contributed by atoms with Gasteiger partial charge in [-0.1, -0.05) is 30.3 Å². The van der Waals surface area contributed by atoms with E-state index in [9.17, 15) is 19.6 Å². The molecule has 4 rings (SSSR count). The summed E-state index contributed by atoms with van der Waals surface area (Å²) in [6, 6.07) is 14.9. The van der Waals surface area contributed by atoms with E-state index in [2.05, 4.69) is 6.07 Å². The highest BCUT2D eigenvalue weighted by Gasteiger charge is 2.43. The number of carbonyl (C=O) groups is 3. The van der Waals surface area contributed by atoms with Gasteiger partial charge < -0.3 is 29.7 Å². The molecule has 0 saturated carbocycles. The van der Waals surface area contributed by atoms with Crippen LogP contribution < -0.4 is 15.5 Å². The fourth-order valence-electron chi connectivity index (χ4n) is 5.66. The molecule has 2 aliphatic heterocycles. The fourth-order valence-corrected chi connectivity index (χ4v) is 5.66. The highest BCUT2D eigenvalue weighted by atomic mass is 19.1. The van der Waals surface area contributed by atoms with Crippen LogP contribution in [0, 0.1) is 17.1 Å². The third-order valence-electron chi connectivity index (χ3n) is 7.84. The molecule has 0 aliphatic carbocycles. The van der Waals surface area contributed by atoms with E-state index in [1.165, 1.54) is 6.07 Å². The average molecular weight is 620 g/mol. The van der Waals surface area contributed by atoms with Crippen molar-refractivity contribution >= 4 is 29.4 Å². The number of hydrogen-bond donors (Lipinski definition) is 1. The third kappa shape index (κ3) is 6.72. The number of allylic oxidation sites excluding steroid dienone is 1. The van der Waals surface area contributed by atoms with Crippen LogP contribution in [0.2, 0.25) is 0 Å². The quantitative estimate of drug-likeness (QED) is 0.362. The maximum atomic E-state index is 15.9. The molecule has 2 N–H and O–H groups in total. The molecule has 1 atom stereocenters. The Labute approximate surface area is 262 Å². The van der Waals surface area contributed by atoms with Gasteiger partial charge in [0.25, 0.3) is 0 Å². The minimum atomic E-state index is -1.03. The van der Waals surface area contributed by atoms with Crippen molar-refractivity contribution in [2.45, 2.75) is 51.2 Å². The molecule has 12 heteroatoms. The van der Waals surface area contributed by atoms with E-state index in [0.717, 1.165) is 19.1 Å². The van der Waals surface area contributed by atoms with Gasteiger partial charge in [0.05, 0.1) is 48.7 Å². The van der Waals surface area contributed by atoms with E-state index in [4.69, 9.17) is 19.9 Å². The minimum Gasteiger partial charge on any atom is -0.466 e. The summed E-state index contributed by atoms with van der Waals surface area (Å²) in [5.41, 5.74) is 6.37. The number of halogens is 1. The Morgan fingerprint density at radius 2 is 1.64 bits per heavy atom. The summed E-state index contributed by atoms with van der Waals surface area (Å²) in [5, 5.41) is 10.2. The summed E-state index contributed by atoms with van der Waals surface area (Å²) in [6.45, 7) is 6.36. The molecule has 0 spiro atoms. The number of benzene rings is 2. The van der Waals surface area contributed by atoms with Gasteiger partial charge >= 0.3 is 18.0 Å². The zero-order chi connectivity index (χ0) is 33.1. The zero-order valence-corrected chi connectivity index (χ0v) is 26.3. The molecule has 2 aromatic rings. The normalized spacial score (nSPS) is 17.5. The van der Waals surface area contributed by atoms with E-state index in [-0.39, 0.29) is 46.2 Å². The lowest BCUT2D eigenvalue weighted by atomic mass is 9.81. The van der Waals surface area contributed by atoms with Gasteiger partial charge in [-0.25, -0.2) is 18.8 Å². The van der Waals surface area contributed by atoms with Crippen LogP contribution in [0.3, 0.4) is 0 Å². The molecule has 11 nitrogen and oxygen atoms in total. The van der Waals surface area contributed by atoms with Gasteiger partial charge in [-0.2, -0.15) is 5.26 Å². The van der Waals surface area contributed by atoms with E-state index < -0.39 is 29.3 Å². The Kier molecular flexibility index (Phi) is 9.71. The second-order valence-electron chi connectivity index (χ2n) is 11.8. The van der Waals surface area contributed by atoms with Crippen LogP contribution in [0.25, 0.3) is 0 Å². The van der Waals surface area contributed by atoms with Crippen LogP contribution in [0.15, 0.2) is 71.2 Å². The maximum absolute atomic E-state index is 15.9. The third-order valence-corrected chi connectivity index (χ3v) is 7.84. The van der Waals surface area contributed by atoms with Crippen molar-refractivity contribution in [1.82, 2.24) is 4.90 Å². The molecule has 2 aromatic carbocycles. The topological polar surface area (TPSA) is 138 Å². The summed E-state index contributed by atoms with van der Waals surface area (Å²) in [6.07, 6.45) is 0.824. The Morgan fingerprint density at radius 1 is 1.02 bits per heavy atom. The first-order chi connectivity index (χ1) is 21.3. The standard InChI is InChI=1S/C33H38FN5O6/c1-33(2,3)45-32(42)38-16-14-21(15-17-38)37(4)25-13-12-22(18-24(25)34)39-28(31(41)44-6)27(30(40)43-5)26(23(19-35)29(39)36)20-10-8-7-9-11-20/h7-13,18,21,26H,14-17,36H2,1-6H3. The van der Waals surface area contributed by atoms with Crippen molar-refractivity contribution in [3.8, 4) is 6.07 Å². The summed E-state index contributed by atoms with van der Waals surface area (Å²) in [4.78, 5) is 43.6. The van der Waals surface area contributed by atoms with Crippen molar-refractivity contribution in [3.05, 3.63) is 82.6 Å². The number of likely N-dealkylation sites (tertiary alicyclic amines) is 1. The van der Waals surface area contributed by atoms with Crippen molar-refractivity contribution in [2.75, 3.05) is 44.2 Å². The van der Waals surface area contributed by atoms with Gasteiger partial charge in [-0.15, -0.1) is 0 Å². The zero-order valence-electron chi connectivity index (χ0n) is 26.3. The van der Waals surface area contributed by atoms with Crippen LogP contribution in [-0.4, -0.2) is 68.9 Å². The number of piperidine rings is 1. The number of nitriles is 1. The minimum absolute atomic E-state index is 0.0207. The predicted octanol–water partition coefficient (Wildman–Crippen LogP) is 4.56. The number of anilines is 2. The summed E-state index contributed by atoms with van der Waals surface area (Å²) >= 11 is 0. The first kappa shape index (κ1) is 32.9. The number of rotatable bonds is 6. The van der Waals surface area contributed by atoms with Gasteiger partial charge in [-0.05, 0) is 51.3 Å². The Hall–Kier alpha value is -5.05. The lowest BCUT2D eigenvalue weighted by molar-refractivity contribution is -0.139. The number of methoxy groups -OCH3 is 2. The number of nitrogens with two attached hydrogens (primary N) is 1. The lowest BCUT2D eigenvalue weighted by Crippen LogP contribution is -2.47. The highest BCUT2D eigenvalue weighted by molar-refractivity contribution is 6.06. The molecule has 1 amide bonds. The van der Waals surface area contributed by atoms with Crippen LogP contribution in [0.1, 0.15) is 45.1 Å². The van der Waals surface area contributed by atoms with Gasteiger partial charge in [0, 0.05) is 32.2 Å². The van der Waals surface area contributed by atoms with Crippen molar-refractivity contribution in [3.63, 3.8) is 0 Å². The van der Waals surface area contributed by atoms with E-state index in [1.807, 2.05) is 25.7 Å². The molecular weight excluding hydrogens is 581 g/mol. The first-order valence-corrected chi connectivity index (χ1v) is 14.5. The predicted molar refractivity (Wildman–Crippen MR) is 165 cm³/mol. The monoisotopic (exact) mass is 619 g/mol. The Bertz CT molecular complexity index is 1570. The largest absolute Gasteiger partial charge is 0.466 e. The van der Waals surface area contributed by atoms with E-state index in [0.29, 0.717) is 31.5 Å². The molecule has 1 fully saturated rings. The molecule has 1 saturated heterocycles. The van der Waals surface area contributed by atoms with Crippen molar-refractivity contribution in [2.24, 2.45) is 5.73 Å². The molecule has 0 bridgehead atoms. The molecular formula is C33H38FN5O6. The number of carbonyl (C=O) groups excluding carboxylic acids is 3. The van der Waals surface area contributed by atoms with Gasteiger partial charge in [-0.3, -0.25) is 4.90 Å². The molecule has 2 heterocycles. The number of nitrogens with zero attached hydrogens (tertiary/aromatic N) is 4. The van der Waals surface area contributed by atoms with Crippen LogP contribution >= 0.6 is 0 Å². The molecule has 238 valence electrons. The number of ether oxygens (including phenoxy) is 3. The first-order valence-electron chi connectivity index (χ1n) is 14.5. The number of hydrogen-bond acceptors (Lipinski definition) is 10. The number of amides is 1. The molecule has 2 aliphatic rings. The van der Waals surface area contributed by atoms with E-state index in [1.54, 1.807) is 54.4 Å². The Morgan fingerprint density at radius 3 is 2.18 bits per heavy atom. The SMILES string of the molecule is COC(=O)C1=C(C(=O)OC)N(c2ccc(N(C)C3CCN(C(=O)OC(C)(C)C)CC3)c(F)c2)C(N)=C(C#N)C1c1ccccc1. The van der Waals surface area contributed by atoms with Gasteiger partial charge in [0.2, 0.25) is 0 Å². The molecule has 1 unspecified atom stereocenters. The van der Waals surface area contributed by atoms with Crippen molar-refractivity contribution in [1.29, 1.82) is 5.26 Å². The second kappa shape index (κ2) is 13.3. The second-order valence-corrected chi connectivity index (χ2v) is 11.8. The molecule has 45 heavy (non-hydrogen) atoms. The summed E-state index contributed by atoms with van der Waals surface area (Å²) in [5.74, 6) is -3.60. The maximum Gasteiger partial charge on any atom is 0.410 e. The fraction of sp³-hybridized carbons (Fsp3) is 0.394. The molecule has 0 radical (unpaired) electrons. The molecule has 0 aromatic heterocycles. The van der Waals surface area contributed by atoms with Gasteiger partial charge in [0.15, 0.2) is 0 Å². The smallest absolute Gasteiger partial charge is 0.410 e.